The second-order valence-corrected chi connectivity index (χ2v) is 4.14. The lowest BCUT2D eigenvalue weighted by molar-refractivity contribution is 0.0457. The molecule has 0 aliphatic carbocycles. The monoisotopic (exact) mass is 260 g/mol. The van der Waals surface area contributed by atoms with Crippen LogP contribution in [-0.4, -0.2) is 20.7 Å². The molecule has 0 bridgehead atoms. The van der Waals surface area contributed by atoms with Gasteiger partial charge < -0.3 is 10.5 Å². The molecular weight excluding hydrogens is 244 g/mol. The third-order valence-corrected chi connectivity index (χ3v) is 2.83. The lowest BCUT2D eigenvalue weighted by Gasteiger charge is -2.07. The Labute approximate surface area is 111 Å². The zero-order valence-electron chi connectivity index (χ0n) is 11.0. The van der Waals surface area contributed by atoms with Crippen molar-refractivity contribution in [2.75, 3.05) is 5.73 Å². The molecular formula is C13H16N4O2. The van der Waals surface area contributed by atoms with E-state index >= 15 is 0 Å². The summed E-state index contributed by atoms with van der Waals surface area (Å²) in [7, 11) is 0. The highest BCUT2D eigenvalue weighted by atomic mass is 16.5. The van der Waals surface area contributed by atoms with Crippen LogP contribution in [0.25, 0.3) is 0 Å². The Morgan fingerprint density at radius 3 is 2.95 bits per heavy atom. The molecule has 1 aromatic carbocycles. The van der Waals surface area contributed by atoms with Gasteiger partial charge in [-0.1, -0.05) is 0 Å². The van der Waals surface area contributed by atoms with E-state index in [2.05, 4.69) is 10.1 Å². The molecule has 0 unspecified atom stereocenters. The highest BCUT2D eigenvalue weighted by molar-refractivity contribution is 5.90. The number of aromatic nitrogens is 3. The quantitative estimate of drug-likeness (QED) is 0.666. The van der Waals surface area contributed by atoms with Gasteiger partial charge in [0.15, 0.2) is 12.4 Å². The number of benzene rings is 1. The Morgan fingerprint density at radius 1 is 1.47 bits per heavy atom. The van der Waals surface area contributed by atoms with E-state index in [-0.39, 0.29) is 6.61 Å². The molecule has 0 aliphatic heterocycles. The first-order chi connectivity index (χ1) is 9.11. The molecule has 2 N–H and O–H groups in total. The number of ether oxygens (including phenoxy) is 1. The van der Waals surface area contributed by atoms with Crippen molar-refractivity contribution >= 4 is 11.7 Å². The molecule has 0 saturated heterocycles. The summed E-state index contributed by atoms with van der Waals surface area (Å²) in [4.78, 5) is 15.9. The van der Waals surface area contributed by atoms with Gasteiger partial charge in [-0.2, -0.15) is 5.10 Å². The number of hydrogen-bond donors (Lipinski definition) is 1. The lowest BCUT2D eigenvalue weighted by Crippen LogP contribution is -2.10. The molecule has 6 nitrogen and oxygen atoms in total. The van der Waals surface area contributed by atoms with E-state index in [1.54, 1.807) is 22.9 Å². The van der Waals surface area contributed by atoms with Crippen molar-refractivity contribution in [2.24, 2.45) is 0 Å². The average molecular weight is 260 g/mol. The number of nitrogens with two attached hydrogens (primary N) is 1. The van der Waals surface area contributed by atoms with Crippen molar-refractivity contribution in [1.82, 2.24) is 14.8 Å². The predicted molar refractivity (Wildman–Crippen MR) is 70.4 cm³/mol. The largest absolute Gasteiger partial charge is 0.454 e. The third-order valence-electron chi connectivity index (χ3n) is 2.83. The van der Waals surface area contributed by atoms with Crippen LogP contribution in [0.5, 0.6) is 0 Å². The van der Waals surface area contributed by atoms with E-state index in [0.29, 0.717) is 23.6 Å². The minimum absolute atomic E-state index is 0.107. The Kier molecular flexibility index (Phi) is 3.79. The second kappa shape index (κ2) is 5.51. The highest BCUT2D eigenvalue weighted by Gasteiger charge is 2.10. The number of aryl methyl sites for hydroxylation is 2. The van der Waals surface area contributed by atoms with Crippen LogP contribution in [0.1, 0.15) is 28.7 Å². The number of nitrogen functional groups attached to an aromatic ring is 1. The molecule has 100 valence electrons. The summed E-state index contributed by atoms with van der Waals surface area (Å²) in [6.07, 6.45) is 1.44. The maximum atomic E-state index is 11.9. The first-order valence-electron chi connectivity index (χ1n) is 6.01. The fourth-order valence-electron chi connectivity index (χ4n) is 1.68. The Morgan fingerprint density at radius 2 is 2.26 bits per heavy atom. The van der Waals surface area contributed by atoms with Gasteiger partial charge in [-0.15, -0.1) is 0 Å². The minimum Gasteiger partial charge on any atom is -0.454 e. The zero-order chi connectivity index (χ0) is 13.8. The van der Waals surface area contributed by atoms with Crippen LogP contribution in [-0.2, 0) is 17.9 Å². The SMILES string of the molecule is CCn1ncnc1COC(=O)c1ccc(N)c(C)c1. The Hall–Kier alpha value is -2.37. The maximum Gasteiger partial charge on any atom is 0.338 e. The summed E-state index contributed by atoms with van der Waals surface area (Å²) >= 11 is 0. The van der Waals surface area contributed by atoms with Crippen molar-refractivity contribution in [3.63, 3.8) is 0 Å². The molecule has 6 heteroatoms. The normalized spacial score (nSPS) is 10.4. The number of rotatable bonds is 4. The van der Waals surface area contributed by atoms with Crippen LogP contribution in [0.2, 0.25) is 0 Å². The smallest absolute Gasteiger partial charge is 0.338 e. The number of carbonyl (C=O) groups excluding carboxylic acids is 1. The molecule has 0 atom stereocenters. The van der Waals surface area contributed by atoms with Crippen LogP contribution in [0.15, 0.2) is 24.5 Å². The van der Waals surface area contributed by atoms with Gasteiger partial charge in [0.25, 0.3) is 0 Å². The van der Waals surface area contributed by atoms with Gasteiger partial charge in [-0.3, -0.25) is 0 Å². The first-order valence-corrected chi connectivity index (χ1v) is 6.01. The van der Waals surface area contributed by atoms with E-state index in [9.17, 15) is 4.79 Å². The van der Waals surface area contributed by atoms with Gasteiger partial charge in [-0.25, -0.2) is 14.5 Å². The number of nitrogens with zero attached hydrogens (tertiary/aromatic N) is 3. The van der Waals surface area contributed by atoms with Crippen LogP contribution >= 0.6 is 0 Å². The van der Waals surface area contributed by atoms with Gasteiger partial charge in [0, 0.05) is 12.2 Å². The summed E-state index contributed by atoms with van der Waals surface area (Å²) in [5.41, 5.74) is 7.69. The van der Waals surface area contributed by atoms with Crippen molar-refractivity contribution in [2.45, 2.75) is 27.0 Å². The highest BCUT2D eigenvalue weighted by Crippen LogP contribution is 2.14. The minimum atomic E-state index is -0.395. The predicted octanol–water partition coefficient (Wildman–Crippen LogP) is 1.55. The summed E-state index contributed by atoms with van der Waals surface area (Å²) in [6.45, 7) is 4.59. The molecule has 0 spiro atoms. The van der Waals surface area contributed by atoms with E-state index in [1.807, 2.05) is 13.8 Å². The molecule has 0 amide bonds. The number of esters is 1. The molecule has 2 rings (SSSR count). The van der Waals surface area contributed by atoms with Gasteiger partial charge in [-0.05, 0) is 37.6 Å². The molecule has 1 aromatic heterocycles. The third kappa shape index (κ3) is 2.90. The zero-order valence-corrected chi connectivity index (χ0v) is 11.0. The van der Waals surface area contributed by atoms with Crippen LogP contribution in [0, 0.1) is 6.92 Å². The summed E-state index contributed by atoms with van der Waals surface area (Å²) < 4.78 is 6.89. The standard InChI is InChI=1S/C13H16N4O2/c1-3-17-12(15-8-16-17)7-19-13(18)10-4-5-11(14)9(2)6-10/h4-6,8H,3,7,14H2,1-2H3. The lowest BCUT2D eigenvalue weighted by atomic mass is 10.1. The van der Waals surface area contributed by atoms with Gasteiger partial charge in [0.05, 0.1) is 5.56 Å². The van der Waals surface area contributed by atoms with Gasteiger partial charge in [0.2, 0.25) is 0 Å². The average Bonchev–Trinajstić information content (AvgIpc) is 2.86. The fourth-order valence-corrected chi connectivity index (χ4v) is 1.68. The second-order valence-electron chi connectivity index (χ2n) is 4.14. The van der Waals surface area contributed by atoms with Crippen molar-refractivity contribution in [1.29, 1.82) is 0 Å². The maximum absolute atomic E-state index is 11.9. The topological polar surface area (TPSA) is 83.0 Å². The fraction of sp³-hybridized carbons (Fsp3) is 0.308. The molecule has 0 radical (unpaired) electrons. The van der Waals surface area contributed by atoms with Gasteiger partial charge in [0.1, 0.15) is 6.33 Å². The van der Waals surface area contributed by atoms with Crippen LogP contribution < -0.4 is 5.73 Å². The molecule has 0 saturated carbocycles. The molecule has 19 heavy (non-hydrogen) atoms. The number of anilines is 1. The summed E-state index contributed by atoms with van der Waals surface area (Å²) in [5, 5.41) is 4.01. The summed E-state index contributed by atoms with van der Waals surface area (Å²) in [6, 6.07) is 5.05. The van der Waals surface area contributed by atoms with Crippen LogP contribution in [0.3, 0.4) is 0 Å². The van der Waals surface area contributed by atoms with E-state index < -0.39 is 5.97 Å². The van der Waals surface area contributed by atoms with Crippen LogP contribution in [0.4, 0.5) is 5.69 Å². The Balaban J connectivity index is 2.03. The molecule has 0 aliphatic rings. The van der Waals surface area contributed by atoms with Crippen molar-refractivity contribution in [3.8, 4) is 0 Å². The first kappa shape index (κ1) is 13.1. The van der Waals surface area contributed by atoms with E-state index in [4.69, 9.17) is 10.5 Å². The summed E-state index contributed by atoms with van der Waals surface area (Å²) in [5.74, 6) is 0.233. The van der Waals surface area contributed by atoms with E-state index in [1.165, 1.54) is 6.33 Å². The Bertz CT molecular complexity index is 592. The molecule has 2 aromatic rings. The number of hydrogen-bond acceptors (Lipinski definition) is 5. The van der Waals surface area contributed by atoms with Gasteiger partial charge >= 0.3 is 5.97 Å². The van der Waals surface area contributed by atoms with E-state index in [0.717, 1.165) is 5.56 Å². The molecule has 0 fully saturated rings. The molecule has 1 heterocycles. The van der Waals surface area contributed by atoms with Crippen molar-refractivity contribution < 1.29 is 9.53 Å². The van der Waals surface area contributed by atoms with Crippen molar-refractivity contribution in [3.05, 3.63) is 41.5 Å². The number of carbonyl (C=O) groups is 1.